The van der Waals surface area contributed by atoms with Gasteiger partial charge in [0.15, 0.2) is 0 Å². The van der Waals surface area contributed by atoms with E-state index in [1.807, 2.05) is 63.9 Å². The van der Waals surface area contributed by atoms with E-state index in [1.54, 1.807) is 11.1 Å². The van der Waals surface area contributed by atoms with Gasteiger partial charge in [0, 0.05) is 32.3 Å². The Morgan fingerprint density at radius 2 is 1.73 bits per heavy atom. The number of likely N-dealkylation sites (tertiary alicyclic amines) is 1. The first-order chi connectivity index (χ1) is 15.6. The zero-order chi connectivity index (χ0) is 24.2. The minimum absolute atomic E-state index is 0.113. The average molecular weight is 452 g/mol. The number of aromatic nitrogens is 1. The van der Waals surface area contributed by atoms with E-state index in [4.69, 9.17) is 4.74 Å². The standard InChI is InChI=1S/C27H37N3O3/c1-19-10-7-8-12-22(19)18-23(24-20(2)11-9-15-28-24)29(6)25(31)21-13-16-30(17-14-21)26(32)33-27(3,4)5/h7-12,15,21,23H,13-14,16-18H2,1-6H3. The summed E-state index contributed by atoms with van der Waals surface area (Å²) in [5.41, 5.74) is 3.92. The lowest BCUT2D eigenvalue weighted by molar-refractivity contribution is -0.138. The Kier molecular flexibility index (Phi) is 7.77. The number of piperidine rings is 1. The summed E-state index contributed by atoms with van der Waals surface area (Å²) in [7, 11) is 1.89. The molecule has 1 atom stereocenters. The number of hydrogen-bond acceptors (Lipinski definition) is 4. The van der Waals surface area contributed by atoms with Crippen LogP contribution in [0.15, 0.2) is 42.6 Å². The van der Waals surface area contributed by atoms with Gasteiger partial charge in [0.25, 0.3) is 0 Å². The van der Waals surface area contributed by atoms with Crippen LogP contribution in [0.3, 0.4) is 0 Å². The minimum atomic E-state index is -0.521. The fourth-order valence-electron chi connectivity index (χ4n) is 4.39. The molecule has 2 aromatic rings. The van der Waals surface area contributed by atoms with Gasteiger partial charge < -0.3 is 14.5 Å². The molecule has 33 heavy (non-hydrogen) atoms. The van der Waals surface area contributed by atoms with Crippen LogP contribution in [-0.2, 0) is 16.0 Å². The minimum Gasteiger partial charge on any atom is -0.444 e. The molecule has 1 aromatic heterocycles. The summed E-state index contributed by atoms with van der Waals surface area (Å²) in [5.74, 6) is -0.000415. The second-order valence-electron chi connectivity index (χ2n) is 10.0. The fraction of sp³-hybridized carbons (Fsp3) is 0.519. The van der Waals surface area contributed by atoms with Crippen LogP contribution in [0.25, 0.3) is 0 Å². The fourth-order valence-corrected chi connectivity index (χ4v) is 4.39. The van der Waals surface area contributed by atoms with Gasteiger partial charge >= 0.3 is 6.09 Å². The van der Waals surface area contributed by atoms with Crippen LogP contribution in [0.1, 0.15) is 62.0 Å². The molecule has 0 N–H and O–H groups in total. The van der Waals surface area contributed by atoms with Crippen LogP contribution in [0, 0.1) is 19.8 Å². The topological polar surface area (TPSA) is 62.7 Å². The van der Waals surface area contributed by atoms with E-state index in [1.165, 1.54) is 11.1 Å². The van der Waals surface area contributed by atoms with E-state index in [-0.39, 0.29) is 24.0 Å². The first-order valence-electron chi connectivity index (χ1n) is 11.8. The van der Waals surface area contributed by atoms with Crippen molar-refractivity contribution in [1.29, 1.82) is 0 Å². The van der Waals surface area contributed by atoms with Crippen molar-refractivity contribution in [2.75, 3.05) is 20.1 Å². The van der Waals surface area contributed by atoms with Crippen molar-refractivity contribution in [1.82, 2.24) is 14.8 Å². The van der Waals surface area contributed by atoms with Crippen LogP contribution >= 0.6 is 0 Å². The number of carbonyl (C=O) groups excluding carboxylic acids is 2. The monoisotopic (exact) mass is 451 g/mol. The largest absolute Gasteiger partial charge is 0.444 e. The van der Waals surface area contributed by atoms with Crippen molar-refractivity contribution in [3.05, 3.63) is 65.0 Å². The van der Waals surface area contributed by atoms with Crippen molar-refractivity contribution in [3.8, 4) is 0 Å². The number of aryl methyl sites for hydroxylation is 2. The molecule has 6 nitrogen and oxygen atoms in total. The van der Waals surface area contributed by atoms with E-state index in [0.29, 0.717) is 32.4 Å². The SMILES string of the molecule is Cc1ccccc1CC(c1ncccc1C)N(C)C(=O)C1CCN(C(=O)OC(C)(C)C)CC1. The molecule has 1 aliphatic heterocycles. The smallest absolute Gasteiger partial charge is 0.410 e. The second kappa shape index (κ2) is 10.4. The predicted molar refractivity (Wildman–Crippen MR) is 130 cm³/mol. The number of benzene rings is 1. The van der Waals surface area contributed by atoms with Crippen LogP contribution < -0.4 is 0 Å². The summed E-state index contributed by atoms with van der Waals surface area (Å²) in [6.45, 7) is 10.8. The van der Waals surface area contributed by atoms with Gasteiger partial charge in [-0.2, -0.15) is 0 Å². The Hall–Kier alpha value is -2.89. The van der Waals surface area contributed by atoms with Crippen molar-refractivity contribution in [2.45, 2.75) is 65.5 Å². The van der Waals surface area contributed by atoms with Crippen LogP contribution in [0.5, 0.6) is 0 Å². The molecule has 2 amide bonds. The van der Waals surface area contributed by atoms with Gasteiger partial charge in [0.2, 0.25) is 5.91 Å². The van der Waals surface area contributed by atoms with Gasteiger partial charge in [-0.3, -0.25) is 9.78 Å². The van der Waals surface area contributed by atoms with E-state index in [2.05, 4.69) is 24.0 Å². The lowest BCUT2D eigenvalue weighted by atomic mass is 9.92. The van der Waals surface area contributed by atoms with Crippen molar-refractivity contribution in [3.63, 3.8) is 0 Å². The van der Waals surface area contributed by atoms with Gasteiger partial charge in [-0.25, -0.2) is 4.79 Å². The first-order valence-corrected chi connectivity index (χ1v) is 11.8. The normalized spacial score (nSPS) is 15.8. The molecule has 3 rings (SSSR count). The maximum Gasteiger partial charge on any atom is 0.410 e. The number of ether oxygens (including phenoxy) is 1. The van der Waals surface area contributed by atoms with Crippen LogP contribution in [-0.4, -0.2) is 52.5 Å². The molecule has 1 saturated heterocycles. The maximum absolute atomic E-state index is 13.6. The van der Waals surface area contributed by atoms with Gasteiger partial charge in [-0.1, -0.05) is 30.3 Å². The number of nitrogens with zero attached hydrogens (tertiary/aromatic N) is 3. The molecule has 1 fully saturated rings. The van der Waals surface area contributed by atoms with Gasteiger partial charge in [-0.15, -0.1) is 0 Å². The molecule has 0 saturated carbocycles. The van der Waals surface area contributed by atoms with Gasteiger partial charge in [0.05, 0.1) is 11.7 Å². The third-order valence-electron chi connectivity index (χ3n) is 6.35. The highest BCUT2D eigenvalue weighted by Crippen LogP contribution is 2.30. The average Bonchev–Trinajstić information content (AvgIpc) is 2.77. The quantitative estimate of drug-likeness (QED) is 0.635. The molecule has 6 heteroatoms. The molecule has 1 aliphatic rings. The molecule has 0 spiro atoms. The Labute approximate surface area is 197 Å². The third kappa shape index (κ3) is 6.34. The van der Waals surface area contributed by atoms with E-state index < -0.39 is 5.60 Å². The number of carbonyl (C=O) groups is 2. The molecule has 2 heterocycles. The Bertz CT molecular complexity index is 975. The molecule has 1 unspecified atom stereocenters. The molecule has 0 radical (unpaired) electrons. The van der Waals surface area contributed by atoms with E-state index >= 15 is 0 Å². The number of rotatable bonds is 5. The highest BCUT2D eigenvalue weighted by Gasteiger charge is 2.34. The van der Waals surface area contributed by atoms with Crippen LogP contribution in [0.4, 0.5) is 4.79 Å². The van der Waals surface area contributed by atoms with Crippen molar-refractivity contribution < 1.29 is 14.3 Å². The lowest BCUT2D eigenvalue weighted by Crippen LogP contribution is -2.46. The summed E-state index contributed by atoms with van der Waals surface area (Å²) in [6, 6.07) is 12.1. The maximum atomic E-state index is 13.6. The highest BCUT2D eigenvalue weighted by molar-refractivity contribution is 5.79. The van der Waals surface area contributed by atoms with E-state index in [0.717, 1.165) is 11.3 Å². The zero-order valence-electron chi connectivity index (χ0n) is 20.8. The lowest BCUT2D eigenvalue weighted by Gasteiger charge is -2.36. The number of amides is 2. The molecule has 1 aromatic carbocycles. The molecule has 0 bridgehead atoms. The van der Waals surface area contributed by atoms with Crippen molar-refractivity contribution in [2.24, 2.45) is 5.92 Å². The molecule has 178 valence electrons. The van der Waals surface area contributed by atoms with Crippen molar-refractivity contribution >= 4 is 12.0 Å². The van der Waals surface area contributed by atoms with E-state index in [9.17, 15) is 9.59 Å². The number of likely N-dealkylation sites (N-methyl/N-ethyl adjacent to an activating group) is 1. The first kappa shape index (κ1) is 24.7. The summed E-state index contributed by atoms with van der Waals surface area (Å²) in [4.78, 5) is 34.2. The Balaban J connectivity index is 1.74. The Morgan fingerprint density at radius 1 is 1.09 bits per heavy atom. The molecule has 0 aliphatic carbocycles. The highest BCUT2D eigenvalue weighted by atomic mass is 16.6. The van der Waals surface area contributed by atoms with Crippen LogP contribution in [0.2, 0.25) is 0 Å². The third-order valence-corrected chi connectivity index (χ3v) is 6.35. The zero-order valence-corrected chi connectivity index (χ0v) is 20.8. The summed E-state index contributed by atoms with van der Waals surface area (Å²) in [5, 5.41) is 0. The van der Waals surface area contributed by atoms with Gasteiger partial charge in [-0.05, 0) is 76.6 Å². The molecular weight excluding hydrogens is 414 g/mol. The summed E-state index contributed by atoms with van der Waals surface area (Å²) in [6.07, 6.45) is 3.48. The molecular formula is C27H37N3O3. The Morgan fingerprint density at radius 3 is 2.33 bits per heavy atom. The second-order valence-corrected chi connectivity index (χ2v) is 10.0. The number of hydrogen-bond donors (Lipinski definition) is 0. The number of pyridine rings is 1. The summed E-state index contributed by atoms with van der Waals surface area (Å²) < 4.78 is 5.49. The van der Waals surface area contributed by atoms with Gasteiger partial charge in [0.1, 0.15) is 5.60 Å². The predicted octanol–water partition coefficient (Wildman–Crippen LogP) is 5.09. The summed E-state index contributed by atoms with van der Waals surface area (Å²) >= 11 is 0.